The first-order chi connectivity index (χ1) is 21.9. The maximum atomic E-state index is 2.93. The third-order valence-electron chi connectivity index (χ3n) is 19.3. The van der Waals surface area contributed by atoms with Gasteiger partial charge in [-0.2, -0.15) is 0 Å². The molecule has 0 aromatic rings. The zero-order valence-electron chi connectivity index (χ0n) is 33.0. The average molecular weight is 633 g/mol. The zero-order chi connectivity index (χ0) is 33.0. The van der Waals surface area contributed by atoms with Crippen LogP contribution in [0.3, 0.4) is 0 Å². The van der Waals surface area contributed by atoms with Crippen molar-refractivity contribution in [2.75, 3.05) is 0 Å². The summed E-state index contributed by atoms with van der Waals surface area (Å²) in [4.78, 5) is 0. The molecule has 0 aromatic heterocycles. The van der Waals surface area contributed by atoms with Gasteiger partial charge in [0.05, 0.1) is 0 Å². The summed E-state index contributed by atoms with van der Waals surface area (Å²) in [7, 11) is 0. The van der Waals surface area contributed by atoms with Crippen molar-refractivity contribution in [1.82, 2.24) is 0 Å². The van der Waals surface area contributed by atoms with Gasteiger partial charge in [-0.1, -0.05) is 121 Å². The largest absolute Gasteiger partial charge is 0.0654 e. The molecule has 17 atom stereocenters. The van der Waals surface area contributed by atoms with Crippen LogP contribution in [-0.4, -0.2) is 0 Å². The Labute approximate surface area is 288 Å². The minimum atomic E-state index is 0.600. The van der Waals surface area contributed by atoms with E-state index < -0.39 is 0 Å². The second kappa shape index (κ2) is 12.1. The third kappa shape index (κ3) is 4.46. The number of hydrogen-bond acceptors (Lipinski definition) is 0. The maximum absolute atomic E-state index is 2.93. The van der Waals surface area contributed by atoms with Crippen LogP contribution in [0.1, 0.15) is 179 Å². The topological polar surface area (TPSA) is 0 Å². The zero-order valence-corrected chi connectivity index (χ0v) is 33.0. The van der Waals surface area contributed by atoms with E-state index in [-0.39, 0.29) is 0 Å². The molecule has 46 heavy (non-hydrogen) atoms. The number of fused-ring (bicyclic) bond motifs is 8. The molecule has 6 bridgehead atoms. The lowest BCUT2D eigenvalue weighted by molar-refractivity contribution is -0.115. The molecule has 264 valence electrons. The molecule has 0 aliphatic heterocycles. The molecule has 7 rings (SSSR count). The quantitative estimate of drug-likeness (QED) is 0.201. The lowest BCUT2D eigenvalue weighted by Gasteiger charge is -2.59. The van der Waals surface area contributed by atoms with Gasteiger partial charge in [0.2, 0.25) is 0 Å². The van der Waals surface area contributed by atoms with Crippen molar-refractivity contribution < 1.29 is 0 Å². The molecular formula is C46H80. The van der Waals surface area contributed by atoms with Gasteiger partial charge in [0.1, 0.15) is 0 Å². The fourth-order valence-electron chi connectivity index (χ4n) is 18.3. The van der Waals surface area contributed by atoms with Crippen LogP contribution in [0.25, 0.3) is 0 Å². The van der Waals surface area contributed by atoms with Crippen molar-refractivity contribution in [3.05, 3.63) is 0 Å². The Kier molecular flexibility index (Phi) is 9.03. The molecule has 0 radical (unpaired) electrons. The molecule has 0 amide bonds. The van der Waals surface area contributed by atoms with Gasteiger partial charge in [0.15, 0.2) is 0 Å². The molecule has 0 heterocycles. The molecule has 7 aliphatic rings. The third-order valence-corrected chi connectivity index (χ3v) is 19.3. The molecule has 17 unspecified atom stereocenters. The molecule has 1 spiro atoms. The van der Waals surface area contributed by atoms with Crippen LogP contribution in [0, 0.1) is 110 Å². The Hall–Kier alpha value is 0. The van der Waals surface area contributed by atoms with Gasteiger partial charge in [-0.3, -0.25) is 0 Å². The SMILES string of the molecule is CCCC(CC)C(CC(C)C)C12CC3CC(C)CCC(CC)C4(C)CC5CC4C4C5C4C4(CC(CC)CC)CC1(C3)C(C)C4C2C. The van der Waals surface area contributed by atoms with E-state index in [9.17, 15) is 0 Å². The first kappa shape index (κ1) is 34.4. The first-order valence-corrected chi connectivity index (χ1v) is 21.9. The molecule has 7 aliphatic carbocycles. The average Bonchev–Trinajstić information content (AvgIpc) is 3.16. The summed E-state index contributed by atoms with van der Waals surface area (Å²) in [6, 6.07) is 0. The highest BCUT2D eigenvalue weighted by Crippen LogP contribution is 2.91. The van der Waals surface area contributed by atoms with E-state index in [1.165, 1.54) is 57.8 Å². The Morgan fingerprint density at radius 2 is 1.52 bits per heavy atom. The van der Waals surface area contributed by atoms with Crippen molar-refractivity contribution in [1.29, 1.82) is 0 Å². The number of hydrogen-bond donors (Lipinski definition) is 0. The Morgan fingerprint density at radius 3 is 2.15 bits per heavy atom. The summed E-state index contributed by atoms with van der Waals surface area (Å²) in [6.07, 6.45) is 24.3. The monoisotopic (exact) mass is 633 g/mol. The Bertz CT molecular complexity index is 1080. The molecule has 7 saturated carbocycles. The van der Waals surface area contributed by atoms with Crippen LogP contribution >= 0.6 is 0 Å². The highest BCUT2D eigenvalue weighted by Gasteiger charge is 2.85. The van der Waals surface area contributed by atoms with E-state index in [4.69, 9.17) is 0 Å². The molecule has 0 saturated heterocycles. The molecule has 0 aromatic carbocycles. The van der Waals surface area contributed by atoms with E-state index in [0.29, 0.717) is 21.7 Å². The highest BCUT2D eigenvalue weighted by atomic mass is 14.9. The van der Waals surface area contributed by atoms with Crippen LogP contribution in [0.4, 0.5) is 0 Å². The Morgan fingerprint density at radius 1 is 0.783 bits per heavy atom. The highest BCUT2D eigenvalue weighted by molar-refractivity contribution is 5.33. The summed E-state index contributed by atoms with van der Waals surface area (Å²) in [5.41, 5.74) is 2.51. The predicted octanol–water partition coefficient (Wildman–Crippen LogP) is 13.7. The van der Waals surface area contributed by atoms with Crippen LogP contribution < -0.4 is 0 Å². The summed E-state index contributed by atoms with van der Waals surface area (Å²) in [5, 5.41) is 0. The van der Waals surface area contributed by atoms with Gasteiger partial charge < -0.3 is 0 Å². The van der Waals surface area contributed by atoms with E-state index in [2.05, 4.69) is 76.2 Å². The lowest BCUT2D eigenvalue weighted by Crippen LogP contribution is -2.53. The van der Waals surface area contributed by atoms with Gasteiger partial charge in [0.25, 0.3) is 0 Å². The van der Waals surface area contributed by atoms with Gasteiger partial charge in [-0.15, -0.1) is 0 Å². The fourth-order valence-corrected chi connectivity index (χ4v) is 18.3. The van der Waals surface area contributed by atoms with E-state index in [0.717, 1.165) is 88.8 Å². The normalized spacial score (nSPS) is 53.0. The van der Waals surface area contributed by atoms with Crippen molar-refractivity contribution in [3.8, 4) is 0 Å². The van der Waals surface area contributed by atoms with Crippen LogP contribution in [0.15, 0.2) is 0 Å². The number of rotatable bonds is 12. The predicted molar refractivity (Wildman–Crippen MR) is 198 cm³/mol. The summed E-state index contributed by atoms with van der Waals surface area (Å²) in [6.45, 7) is 29.3. The molecule has 0 N–H and O–H groups in total. The minimum absolute atomic E-state index is 0.600. The maximum Gasteiger partial charge on any atom is -0.0176 e. The molecule has 0 heteroatoms. The molecular weight excluding hydrogens is 553 g/mol. The summed E-state index contributed by atoms with van der Waals surface area (Å²) >= 11 is 0. The second-order valence-corrected chi connectivity index (χ2v) is 21.1. The summed E-state index contributed by atoms with van der Waals surface area (Å²) in [5.74, 6) is 14.8. The van der Waals surface area contributed by atoms with E-state index in [1.807, 2.05) is 0 Å². The van der Waals surface area contributed by atoms with Crippen LogP contribution in [-0.2, 0) is 0 Å². The van der Waals surface area contributed by atoms with E-state index in [1.54, 1.807) is 44.9 Å². The van der Waals surface area contributed by atoms with Crippen molar-refractivity contribution in [2.45, 2.75) is 179 Å². The Balaban J connectivity index is 1.39. The van der Waals surface area contributed by atoms with Gasteiger partial charge in [0, 0.05) is 0 Å². The van der Waals surface area contributed by atoms with Crippen LogP contribution in [0.5, 0.6) is 0 Å². The van der Waals surface area contributed by atoms with Crippen molar-refractivity contribution in [3.63, 3.8) is 0 Å². The molecule has 7 fully saturated rings. The minimum Gasteiger partial charge on any atom is -0.0654 e. The van der Waals surface area contributed by atoms with Gasteiger partial charge in [-0.05, 0) is 168 Å². The van der Waals surface area contributed by atoms with Crippen molar-refractivity contribution >= 4 is 0 Å². The standard InChI is InChI=1S/C46H80/c1-12-17-34(15-4)37(20-28(6)7)46-25-33-21-29(8)18-19-36(16-5)43(11)26-35-22-38(43)40-39(35)42(40)44(23-32(13-2)14-3)27-45(46,24-33)30(9)41(44)31(46)10/h28-42H,12-27H2,1-11H3. The lowest BCUT2D eigenvalue weighted by atomic mass is 9.45. The van der Waals surface area contributed by atoms with Crippen molar-refractivity contribution in [2.24, 2.45) is 110 Å². The first-order valence-electron chi connectivity index (χ1n) is 21.9. The second-order valence-electron chi connectivity index (χ2n) is 21.1. The van der Waals surface area contributed by atoms with Crippen LogP contribution in [0.2, 0.25) is 0 Å². The fraction of sp³-hybridized carbons (Fsp3) is 1.00. The van der Waals surface area contributed by atoms with Gasteiger partial charge in [-0.25, -0.2) is 0 Å². The molecule has 0 nitrogen and oxygen atoms in total. The smallest absolute Gasteiger partial charge is 0.0176 e. The summed E-state index contributed by atoms with van der Waals surface area (Å²) < 4.78 is 0. The van der Waals surface area contributed by atoms with E-state index >= 15 is 0 Å². The van der Waals surface area contributed by atoms with Gasteiger partial charge >= 0.3 is 0 Å².